The molecule has 2 aliphatic carbocycles. The third kappa shape index (κ3) is 4.06. The lowest BCUT2D eigenvalue weighted by atomic mass is 9.65. The molecule has 0 aromatic rings. The molecule has 1 N–H and O–H groups in total. The van der Waals surface area contributed by atoms with Gasteiger partial charge in [0.05, 0.1) is 12.0 Å². The molecule has 0 saturated heterocycles. The van der Waals surface area contributed by atoms with Gasteiger partial charge in [0.15, 0.2) is 0 Å². The van der Waals surface area contributed by atoms with E-state index < -0.39 is 12.0 Å². The third-order valence-corrected chi connectivity index (χ3v) is 5.58. The van der Waals surface area contributed by atoms with E-state index in [2.05, 4.69) is 39.0 Å². The lowest BCUT2D eigenvalue weighted by Crippen LogP contribution is -2.42. The first-order valence-electron chi connectivity index (χ1n) is 9.13. The maximum Gasteiger partial charge on any atom is 0.311 e. The van der Waals surface area contributed by atoms with E-state index in [0.29, 0.717) is 23.7 Å². The van der Waals surface area contributed by atoms with Gasteiger partial charge in [0.25, 0.3) is 0 Å². The van der Waals surface area contributed by atoms with Gasteiger partial charge < -0.3 is 9.84 Å². The normalized spacial score (nSPS) is 35.9. The van der Waals surface area contributed by atoms with E-state index in [0.717, 1.165) is 19.3 Å². The summed E-state index contributed by atoms with van der Waals surface area (Å²) in [4.78, 5) is 12.4. The van der Waals surface area contributed by atoms with Crippen LogP contribution in [0.25, 0.3) is 0 Å². The molecule has 0 fully saturated rings. The summed E-state index contributed by atoms with van der Waals surface area (Å²) < 4.78 is 5.91. The van der Waals surface area contributed by atoms with Crippen molar-refractivity contribution in [3.05, 3.63) is 23.8 Å². The Morgan fingerprint density at radius 2 is 2.09 bits per heavy atom. The Kier molecular flexibility index (Phi) is 6.07. The fourth-order valence-electron chi connectivity index (χ4n) is 4.01. The summed E-state index contributed by atoms with van der Waals surface area (Å²) in [6.07, 6.45) is 9.33. The average molecular weight is 320 g/mol. The number of aliphatic hydroxyl groups is 1. The minimum atomic E-state index is -0.671. The molecule has 23 heavy (non-hydrogen) atoms. The maximum absolute atomic E-state index is 12.4. The monoisotopic (exact) mass is 320 g/mol. The van der Waals surface area contributed by atoms with Crippen LogP contribution in [0.1, 0.15) is 53.9 Å². The zero-order chi connectivity index (χ0) is 17.1. The molecule has 0 heterocycles. The van der Waals surface area contributed by atoms with Crippen molar-refractivity contribution in [2.24, 2.45) is 29.6 Å². The smallest absolute Gasteiger partial charge is 0.311 e. The minimum absolute atomic E-state index is 0.0670. The van der Waals surface area contributed by atoms with Crippen molar-refractivity contribution in [1.82, 2.24) is 0 Å². The van der Waals surface area contributed by atoms with Crippen LogP contribution in [0.3, 0.4) is 0 Å². The van der Waals surface area contributed by atoms with Crippen LogP contribution in [0.4, 0.5) is 0 Å². The number of allylic oxidation sites excluding steroid dienone is 3. The molecule has 7 atom stereocenters. The van der Waals surface area contributed by atoms with Gasteiger partial charge in [-0.3, -0.25) is 4.79 Å². The van der Waals surface area contributed by atoms with Crippen molar-refractivity contribution >= 4 is 5.97 Å². The largest absolute Gasteiger partial charge is 0.461 e. The van der Waals surface area contributed by atoms with E-state index >= 15 is 0 Å². The van der Waals surface area contributed by atoms with Gasteiger partial charge in [0.1, 0.15) is 6.10 Å². The summed E-state index contributed by atoms with van der Waals surface area (Å²) in [7, 11) is 0. The molecule has 0 spiro atoms. The van der Waals surface area contributed by atoms with Crippen LogP contribution in [0.15, 0.2) is 23.8 Å². The van der Waals surface area contributed by atoms with Gasteiger partial charge in [-0.25, -0.2) is 0 Å². The summed E-state index contributed by atoms with van der Waals surface area (Å²) >= 11 is 0. The van der Waals surface area contributed by atoms with Gasteiger partial charge in [-0.15, -0.1) is 0 Å². The summed E-state index contributed by atoms with van der Waals surface area (Å²) in [6.45, 7) is 10.1. The Morgan fingerprint density at radius 3 is 2.70 bits per heavy atom. The van der Waals surface area contributed by atoms with Crippen LogP contribution >= 0.6 is 0 Å². The highest BCUT2D eigenvalue weighted by Crippen LogP contribution is 2.44. The molecule has 3 nitrogen and oxygen atoms in total. The van der Waals surface area contributed by atoms with Crippen LogP contribution in [-0.4, -0.2) is 23.3 Å². The van der Waals surface area contributed by atoms with Crippen molar-refractivity contribution in [1.29, 1.82) is 0 Å². The number of fused-ring (bicyclic) bond motifs is 1. The zero-order valence-corrected chi connectivity index (χ0v) is 15.2. The second-order valence-corrected chi connectivity index (χ2v) is 7.58. The number of rotatable bonds is 5. The quantitative estimate of drug-likeness (QED) is 0.775. The van der Waals surface area contributed by atoms with Crippen LogP contribution < -0.4 is 0 Å². The second kappa shape index (κ2) is 7.65. The molecule has 3 unspecified atom stereocenters. The summed E-state index contributed by atoms with van der Waals surface area (Å²) in [5, 5.41) is 9.66. The highest BCUT2D eigenvalue weighted by Gasteiger charge is 2.41. The SMILES string of the molecule is CCC[C@@H]1[C@@H]2C(=CC(C)CC2OC(=O)[C@@H](C)C(C)O)C=C[C@@H]1C. The molecule has 2 aliphatic rings. The molecule has 0 bridgehead atoms. The van der Waals surface area contributed by atoms with Crippen molar-refractivity contribution in [3.8, 4) is 0 Å². The van der Waals surface area contributed by atoms with Crippen molar-refractivity contribution < 1.29 is 14.6 Å². The Bertz CT molecular complexity index is 477. The number of hydrogen-bond donors (Lipinski definition) is 1. The fourth-order valence-corrected chi connectivity index (χ4v) is 4.01. The molecule has 0 aromatic heterocycles. The van der Waals surface area contributed by atoms with Crippen LogP contribution in [0, 0.1) is 29.6 Å². The molecule has 0 amide bonds. The molecule has 0 radical (unpaired) electrons. The third-order valence-electron chi connectivity index (χ3n) is 5.58. The number of carbonyl (C=O) groups excluding carboxylic acids is 1. The highest BCUT2D eigenvalue weighted by molar-refractivity contribution is 5.73. The van der Waals surface area contributed by atoms with Crippen molar-refractivity contribution in [2.45, 2.75) is 66.1 Å². The van der Waals surface area contributed by atoms with E-state index in [-0.39, 0.29) is 12.1 Å². The standard InChI is InChI=1S/C20H32O3/c1-6-7-17-13(3)8-9-16-10-12(2)11-18(19(16)17)23-20(22)14(4)15(5)21/h8-10,12-15,17-19,21H,6-7,11H2,1-5H3/t12?,13-,14-,15?,17-,18?,19-/m0/s1. The van der Waals surface area contributed by atoms with Gasteiger partial charge in [-0.1, -0.05) is 45.4 Å². The summed E-state index contributed by atoms with van der Waals surface area (Å²) in [6, 6.07) is 0. The average Bonchev–Trinajstić information content (AvgIpc) is 2.49. The summed E-state index contributed by atoms with van der Waals surface area (Å²) in [5.74, 6) is 1.03. The Labute approximate surface area is 140 Å². The highest BCUT2D eigenvalue weighted by atomic mass is 16.5. The van der Waals surface area contributed by atoms with E-state index in [4.69, 9.17) is 4.74 Å². The Morgan fingerprint density at radius 1 is 1.39 bits per heavy atom. The number of hydrogen-bond acceptors (Lipinski definition) is 3. The Hall–Kier alpha value is -1.09. The predicted octanol–water partition coefficient (Wildman–Crippen LogP) is 4.12. The first-order valence-corrected chi connectivity index (χ1v) is 9.13. The first kappa shape index (κ1) is 18.3. The Balaban J connectivity index is 2.23. The van der Waals surface area contributed by atoms with E-state index in [9.17, 15) is 9.90 Å². The molecule has 0 aliphatic heterocycles. The van der Waals surface area contributed by atoms with E-state index in [1.54, 1.807) is 13.8 Å². The fraction of sp³-hybridized carbons (Fsp3) is 0.750. The summed E-state index contributed by atoms with van der Waals surface area (Å²) in [5.41, 5.74) is 1.34. The van der Waals surface area contributed by atoms with Gasteiger partial charge in [-0.2, -0.15) is 0 Å². The van der Waals surface area contributed by atoms with Crippen molar-refractivity contribution in [3.63, 3.8) is 0 Å². The second-order valence-electron chi connectivity index (χ2n) is 7.58. The number of esters is 1. The molecular weight excluding hydrogens is 288 g/mol. The molecular formula is C20H32O3. The van der Waals surface area contributed by atoms with Gasteiger partial charge >= 0.3 is 5.97 Å². The van der Waals surface area contributed by atoms with Gasteiger partial charge in [-0.05, 0) is 50.0 Å². The first-order chi connectivity index (χ1) is 10.8. The molecule has 0 saturated carbocycles. The lowest BCUT2D eigenvalue weighted by molar-refractivity contribution is -0.161. The molecule has 130 valence electrons. The lowest BCUT2D eigenvalue weighted by Gasteiger charge is -2.43. The topological polar surface area (TPSA) is 46.5 Å². The van der Waals surface area contributed by atoms with E-state index in [1.807, 2.05) is 0 Å². The number of ether oxygens (including phenoxy) is 1. The minimum Gasteiger partial charge on any atom is -0.461 e. The van der Waals surface area contributed by atoms with Gasteiger partial charge in [0.2, 0.25) is 0 Å². The number of aliphatic hydroxyl groups excluding tert-OH is 1. The van der Waals surface area contributed by atoms with Crippen molar-refractivity contribution in [2.75, 3.05) is 0 Å². The van der Waals surface area contributed by atoms with E-state index in [1.165, 1.54) is 5.57 Å². The molecule has 3 heteroatoms. The predicted molar refractivity (Wildman–Crippen MR) is 92.8 cm³/mol. The molecule has 0 aromatic carbocycles. The zero-order valence-electron chi connectivity index (χ0n) is 15.2. The maximum atomic E-state index is 12.4. The van der Waals surface area contributed by atoms with Crippen LogP contribution in [-0.2, 0) is 9.53 Å². The van der Waals surface area contributed by atoms with Crippen LogP contribution in [0.2, 0.25) is 0 Å². The molecule has 2 rings (SSSR count). The van der Waals surface area contributed by atoms with Crippen LogP contribution in [0.5, 0.6) is 0 Å². The number of carbonyl (C=O) groups is 1. The van der Waals surface area contributed by atoms with Gasteiger partial charge in [0, 0.05) is 5.92 Å².